The molecule has 0 aliphatic carbocycles. The van der Waals surface area contributed by atoms with Crippen LogP contribution in [0.2, 0.25) is 0 Å². The third kappa shape index (κ3) is 2.88. The number of sulfonamides is 1. The average molecular weight is 276 g/mol. The first kappa shape index (κ1) is 14.7. The standard InChI is InChI=1S/C10H16N2O5S/c1-4-5-12(6-9(13)14)18(15,16)10-7(2)11-17-8(10)3/h4-6H2,1-3H3,(H,13,14). The van der Waals surface area contributed by atoms with Gasteiger partial charge in [-0.1, -0.05) is 12.1 Å². The largest absolute Gasteiger partial charge is 0.480 e. The molecule has 1 aromatic heterocycles. The summed E-state index contributed by atoms with van der Waals surface area (Å²) in [5, 5.41) is 12.3. The number of hydrogen-bond donors (Lipinski definition) is 1. The van der Waals surface area contributed by atoms with Gasteiger partial charge in [-0.05, 0) is 20.3 Å². The van der Waals surface area contributed by atoms with Crippen LogP contribution in [0.1, 0.15) is 24.8 Å². The zero-order chi connectivity index (χ0) is 13.9. The summed E-state index contributed by atoms with van der Waals surface area (Å²) in [5.74, 6) is -1.03. The predicted molar refractivity (Wildman–Crippen MR) is 62.7 cm³/mol. The van der Waals surface area contributed by atoms with Gasteiger partial charge in [0.2, 0.25) is 10.0 Å². The first-order chi connectivity index (χ1) is 8.30. The van der Waals surface area contributed by atoms with E-state index in [2.05, 4.69) is 5.16 Å². The maximum Gasteiger partial charge on any atom is 0.318 e. The van der Waals surface area contributed by atoms with E-state index in [1.807, 2.05) is 0 Å². The van der Waals surface area contributed by atoms with Crippen LogP contribution in [0.25, 0.3) is 0 Å². The predicted octanol–water partition coefficient (Wildman–Crippen LogP) is 0.777. The quantitative estimate of drug-likeness (QED) is 0.823. The summed E-state index contributed by atoms with van der Waals surface area (Å²) in [6.07, 6.45) is 0.524. The third-order valence-electron chi connectivity index (χ3n) is 2.35. The highest BCUT2D eigenvalue weighted by molar-refractivity contribution is 7.89. The lowest BCUT2D eigenvalue weighted by Gasteiger charge is -2.19. The van der Waals surface area contributed by atoms with Crippen molar-refractivity contribution in [2.75, 3.05) is 13.1 Å². The molecule has 0 saturated carbocycles. The second-order valence-corrected chi connectivity index (χ2v) is 5.76. The van der Waals surface area contributed by atoms with Gasteiger partial charge in [-0.25, -0.2) is 8.42 Å². The minimum Gasteiger partial charge on any atom is -0.480 e. The molecule has 0 amide bonds. The van der Waals surface area contributed by atoms with Crippen LogP contribution < -0.4 is 0 Å². The highest BCUT2D eigenvalue weighted by Crippen LogP contribution is 2.23. The fraction of sp³-hybridized carbons (Fsp3) is 0.600. The molecule has 1 heterocycles. The van der Waals surface area contributed by atoms with Crippen LogP contribution in [0.3, 0.4) is 0 Å². The van der Waals surface area contributed by atoms with Crippen molar-refractivity contribution < 1.29 is 22.8 Å². The Kier molecular flexibility index (Phi) is 4.47. The summed E-state index contributed by atoms with van der Waals surface area (Å²) < 4.78 is 30.4. The summed E-state index contributed by atoms with van der Waals surface area (Å²) in [4.78, 5) is 10.7. The van der Waals surface area contributed by atoms with E-state index in [9.17, 15) is 13.2 Å². The van der Waals surface area contributed by atoms with Gasteiger partial charge in [0.1, 0.15) is 17.1 Å². The minimum atomic E-state index is -3.88. The molecule has 7 nitrogen and oxygen atoms in total. The minimum absolute atomic E-state index is 0.0443. The first-order valence-electron chi connectivity index (χ1n) is 5.45. The molecule has 0 bridgehead atoms. The number of rotatable bonds is 6. The Labute approximate surface area is 105 Å². The molecule has 0 radical (unpaired) electrons. The number of carbonyl (C=O) groups is 1. The maximum atomic E-state index is 12.3. The highest BCUT2D eigenvalue weighted by atomic mass is 32.2. The zero-order valence-electron chi connectivity index (χ0n) is 10.5. The van der Waals surface area contributed by atoms with Crippen molar-refractivity contribution in [1.82, 2.24) is 9.46 Å². The van der Waals surface area contributed by atoms with Gasteiger partial charge in [0.25, 0.3) is 0 Å². The summed E-state index contributed by atoms with van der Waals surface area (Å²) in [6.45, 7) is 4.34. The second kappa shape index (κ2) is 5.49. The van der Waals surface area contributed by atoms with Crippen LogP contribution in [-0.2, 0) is 14.8 Å². The Morgan fingerprint density at radius 3 is 2.44 bits per heavy atom. The van der Waals surface area contributed by atoms with Gasteiger partial charge in [-0.3, -0.25) is 4.79 Å². The molecule has 0 saturated heterocycles. The normalized spacial score (nSPS) is 12.0. The van der Waals surface area contributed by atoms with Gasteiger partial charge in [0, 0.05) is 6.54 Å². The average Bonchev–Trinajstić information content (AvgIpc) is 2.57. The SMILES string of the molecule is CCCN(CC(=O)O)S(=O)(=O)c1c(C)noc1C. The van der Waals surface area contributed by atoms with Crippen LogP contribution in [-0.4, -0.2) is 42.0 Å². The molecule has 0 aliphatic rings. The Hall–Kier alpha value is -1.41. The molecular formula is C10H16N2O5S. The van der Waals surface area contributed by atoms with E-state index in [-0.39, 0.29) is 22.9 Å². The number of carboxylic acid groups (broad SMARTS) is 1. The van der Waals surface area contributed by atoms with E-state index >= 15 is 0 Å². The number of aryl methyl sites for hydroxylation is 2. The van der Waals surface area contributed by atoms with Gasteiger partial charge in [-0.15, -0.1) is 0 Å². The van der Waals surface area contributed by atoms with E-state index < -0.39 is 22.5 Å². The fourth-order valence-corrected chi connectivity index (χ4v) is 3.43. The van der Waals surface area contributed by atoms with Crippen molar-refractivity contribution in [2.24, 2.45) is 0 Å². The van der Waals surface area contributed by atoms with Crippen LogP contribution in [0.4, 0.5) is 0 Å². The topological polar surface area (TPSA) is 101 Å². The van der Waals surface area contributed by atoms with Gasteiger partial charge in [0.15, 0.2) is 5.76 Å². The second-order valence-electron chi connectivity index (χ2n) is 3.89. The molecule has 0 atom stereocenters. The number of carboxylic acids is 1. The summed E-state index contributed by atoms with van der Waals surface area (Å²) in [7, 11) is -3.88. The Morgan fingerprint density at radius 1 is 1.44 bits per heavy atom. The Bertz CT molecular complexity index is 515. The molecule has 0 aromatic carbocycles. The maximum absolute atomic E-state index is 12.3. The van der Waals surface area contributed by atoms with E-state index in [1.165, 1.54) is 13.8 Å². The number of hydrogen-bond acceptors (Lipinski definition) is 5. The molecule has 0 unspecified atom stereocenters. The van der Waals surface area contributed by atoms with E-state index in [1.54, 1.807) is 6.92 Å². The van der Waals surface area contributed by atoms with Crippen molar-refractivity contribution in [1.29, 1.82) is 0 Å². The molecule has 0 spiro atoms. The molecule has 1 aromatic rings. The summed E-state index contributed by atoms with van der Waals surface area (Å²) >= 11 is 0. The number of aromatic nitrogens is 1. The van der Waals surface area contributed by atoms with Crippen molar-refractivity contribution in [3.8, 4) is 0 Å². The first-order valence-corrected chi connectivity index (χ1v) is 6.89. The zero-order valence-corrected chi connectivity index (χ0v) is 11.3. The molecular weight excluding hydrogens is 260 g/mol. The summed E-state index contributed by atoms with van der Waals surface area (Å²) in [5.41, 5.74) is 0.235. The molecule has 18 heavy (non-hydrogen) atoms. The lowest BCUT2D eigenvalue weighted by atomic mass is 10.4. The van der Waals surface area contributed by atoms with Gasteiger partial charge in [-0.2, -0.15) is 4.31 Å². The van der Waals surface area contributed by atoms with Crippen LogP contribution in [0.5, 0.6) is 0 Å². The van der Waals surface area contributed by atoms with E-state index in [0.29, 0.717) is 6.42 Å². The highest BCUT2D eigenvalue weighted by Gasteiger charge is 2.31. The molecule has 1 rings (SSSR count). The summed E-state index contributed by atoms with van der Waals surface area (Å²) in [6, 6.07) is 0. The fourth-order valence-electron chi connectivity index (χ4n) is 1.66. The smallest absolute Gasteiger partial charge is 0.318 e. The Morgan fingerprint density at radius 2 is 2.06 bits per heavy atom. The van der Waals surface area contributed by atoms with Crippen LogP contribution >= 0.6 is 0 Å². The molecule has 1 N–H and O–H groups in total. The van der Waals surface area contributed by atoms with Gasteiger partial charge < -0.3 is 9.63 Å². The number of nitrogens with zero attached hydrogens (tertiary/aromatic N) is 2. The van der Waals surface area contributed by atoms with Crippen molar-refractivity contribution in [3.05, 3.63) is 11.5 Å². The number of aliphatic carboxylic acids is 1. The third-order valence-corrected chi connectivity index (χ3v) is 4.44. The monoisotopic (exact) mass is 276 g/mol. The molecule has 0 aliphatic heterocycles. The van der Waals surface area contributed by atoms with E-state index in [0.717, 1.165) is 4.31 Å². The van der Waals surface area contributed by atoms with E-state index in [4.69, 9.17) is 9.63 Å². The molecule has 102 valence electrons. The molecule has 0 fully saturated rings. The van der Waals surface area contributed by atoms with Gasteiger partial charge >= 0.3 is 5.97 Å². The Balaban J connectivity index is 3.21. The lowest BCUT2D eigenvalue weighted by Crippen LogP contribution is -2.36. The van der Waals surface area contributed by atoms with Gasteiger partial charge in [0.05, 0.1) is 0 Å². The van der Waals surface area contributed by atoms with Crippen LogP contribution in [0.15, 0.2) is 9.42 Å². The van der Waals surface area contributed by atoms with Crippen molar-refractivity contribution in [2.45, 2.75) is 32.1 Å². The van der Waals surface area contributed by atoms with Crippen LogP contribution in [0, 0.1) is 13.8 Å². The lowest BCUT2D eigenvalue weighted by molar-refractivity contribution is -0.137. The van der Waals surface area contributed by atoms with Crippen molar-refractivity contribution in [3.63, 3.8) is 0 Å². The van der Waals surface area contributed by atoms with Crippen molar-refractivity contribution >= 4 is 16.0 Å². The molecule has 8 heteroatoms.